The average Bonchev–Trinajstić information content (AvgIpc) is 2.32. The van der Waals surface area contributed by atoms with E-state index in [2.05, 4.69) is 5.32 Å². The highest BCUT2D eigenvalue weighted by molar-refractivity contribution is 5.75. The highest BCUT2D eigenvalue weighted by Crippen LogP contribution is 2.24. The van der Waals surface area contributed by atoms with Crippen molar-refractivity contribution in [3.05, 3.63) is 35.9 Å². The van der Waals surface area contributed by atoms with Crippen molar-refractivity contribution in [2.45, 2.75) is 31.5 Å². The molecule has 0 saturated carbocycles. The van der Waals surface area contributed by atoms with Gasteiger partial charge in [0.1, 0.15) is 6.04 Å². The van der Waals surface area contributed by atoms with Crippen LogP contribution in [-0.4, -0.2) is 36.2 Å². The first-order chi connectivity index (χ1) is 9.47. The number of nitrogens with zero attached hydrogens (tertiary/aromatic N) is 1. The largest absolute Gasteiger partial charge is 0.408 e. The van der Waals surface area contributed by atoms with Gasteiger partial charge in [-0.15, -0.1) is 0 Å². The van der Waals surface area contributed by atoms with Gasteiger partial charge in [-0.25, -0.2) is 4.79 Å². The average molecular weight is 286 g/mol. The molecule has 1 aromatic carbocycles. The number of likely N-dealkylation sites (tertiary alicyclic amines) is 1. The molecular weight excluding hydrogens is 269 g/mol. The fraction of sp³-hybridized carbons (Fsp3) is 0.500. The zero-order chi connectivity index (χ0) is 14.6. The van der Waals surface area contributed by atoms with Crippen molar-refractivity contribution < 1.29 is 18.0 Å². The Morgan fingerprint density at radius 3 is 2.40 bits per heavy atom. The van der Waals surface area contributed by atoms with E-state index in [4.69, 9.17) is 0 Å². The van der Waals surface area contributed by atoms with Gasteiger partial charge in [-0.2, -0.15) is 13.2 Å². The van der Waals surface area contributed by atoms with Crippen molar-refractivity contribution in [3.63, 3.8) is 0 Å². The molecule has 1 aliphatic heterocycles. The minimum Gasteiger partial charge on any atom is -0.326 e. The highest BCUT2D eigenvalue weighted by atomic mass is 19.4. The lowest BCUT2D eigenvalue weighted by Gasteiger charge is -2.33. The molecule has 0 aliphatic carbocycles. The van der Waals surface area contributed by atoms with Gasteiger partial charge in [-0.3, -0.25) is 0 Å². The summed E-state index contributed by atoms with van der Waals surface area (Å²) in [6, 6.07) is 6.54. The third kappa shape index (κ3) is 3.88. The summed E-state index contributed by atoms with van der Waals surface area (Å²) in [5.41, 5.74) is 0.833. The summed E-state index contributed by atoms with van der Waals surface area (Å²) in [6.07, 6.45) is -3.43. The molecular formula is C14H17F3N2O. The number of hydrogen-bond acceptors (Lipinski definition) is 1. The number of carbonyl (C=O) groups excluding carboxylic acids is 1. The van der Waals surface area contributed by atoms with E-state index in [1.165, 1.54) is 4.90 Å². The molecule has 0 radical (unpaired) electrons. The molecule has 3 nitrogen and oxygen atoms in total. The van der Waals surface area contributed by atoms with Crippen LogP contribution in [-0.2, 0) is 6.42 Å². The first kappa shape index (κ1) is 14.7. The third-order valence-electron chi connectivity index (χ3n) is 3.40. The Morgan fingerprint density at radius 2 is 1.90 bits per heavy atom. The Kier molecular flexibility index (Phi) is 4.52. The highest BCUT2D eigenvalue weighted by Gasteiger charge is 2.41. The van der Waals surface area contributed by atoms with Crippen LogP contribution < -0.4 is 5.32 Å². The Balaban J connectivity index is 1.91. The molecule has 1 aliphatic rings. The zero-order valence-corrected chi connectivity index (χ0v) is 11.0. The second-order valence-corrected chi connectivity index (χ2v) is 4.91. The van der Waals surface area contributed by atoms with Crippen molar-refractivity contribution in [3.8, 4) is 0 Å². The van der Waals surface area contributed by atoms with E-state index in [0.717, 1.165) is 12.0 Å². The number of rotatable bonds is 4. The summed E-state index contributed by atoms with van der Waals surface area (Å²) in [5.74, 6) is 0. The predicted octanol–water partition coefficient (Wildman–Crippen LogP) is 2.97. The summed E-state index contributed by atoms with van der Waals surface area (Å²) < 4.78 is 38.8. The minimum atomic E-state index is -4.42. The molecule has 20 heavy (non-hydrogen) atoms. The lowest BCUT2D eigenvalue weighted by atomic mass is 10.0. The summed E-state index contributed by atoms with van der Waals surface area (Å²) in [5, 5.41) is 2.09. The minimum absolute atomic E-state index is 0.146. The second-order valence-electron chi connectivity index (χ2n) is 4.91. The Bertz CT molecular complexity index is 443. The van der Waals surface area contributed by atoms with E-state index < -0.39 is 18.2 Å². The van der Waals surface area contributed by atoms with Gasteiger partial charge in [0, 0.05) is 13.1 Å². The molecule has 1 aromatic rings. The fourth-order valence-electron chi connectivity index (χ4n) is 2.03. The third-order valence-corrected chi connectivity index (χ3v) is 3.40. The van der Waals surface area contributed by atoms with E-state index in [1.807, 2.05) is 6.07 Å². The van der Waals surface area contributed by atoms with Crippen molar-refractivity contribution in [1.82, 2.24) is 10.2 Å². The molecule has 1 N–H and O–H groups in total. The normalized spacial score (nSPS) is 16.4. The topological polar surface area (TPSA) is 32.3 Å². The molecule has 2 amide bonds. The molecule has 0 unspecified atom stereocenters. The van der Waals surface area contributed by atoms with Gasteiger partial charge >= 0.3 is 12.2 Å². The number of alkyl halides is 3. The molecule has 1 fully saturated rings. The maximum atomic E-state index is 12.9. The Morgan fingerprint density at radius 1 is 1.25 bits per heavy atom. The molecule has 1 heterocycles. The number of benzene rings is 1. The number of nitrogens with one attached hydrogen (secondary N) is 1. The quantitative estimate of drug-likeness (QED) is 0.906. The standard InChI is InChI=1S/C14H17F3N2O/c15-14(16,17)12(18-13(20)19-9-4-10-19)8-7-11-5-2-1-3-6-11/h1-3,5-6,12H,4,7-10H2,(H,18,20)/t12-/m0/s1. The van der Waals surface area contributed by atoms with Gasteiger partial charge in [-0.1, -0.05) is 30.3 Å². The van der Waals surface area contributed by atoms with E-state index in [-0.39, 0.29) is 12.8 Å². The maximum Gasteiger partial charge on any atom is 0.408 e. The van der Waals surface area contributed by atoms with Crippen LogP contribution in [0.4, 0.5) is 18.0 Å². The van der Waals surface area contributed by atoms with Crippen LogP contribution in [0.3, 0.4) is 0 Å². The molecule has 2 rings (SSSR count). The molecule has 110 valence electrons. The first-order valence-electron chi connectivity index (χ1n) is 6.63. The van der Waals surface area contributed by atoms with E-state index >= 15 is 0 Å². The lowest BCUT2D eigenvalue weighted by Crippen LogP contribution is -2.54. The number of hydrogen-bond donors (Lipinski definition) is 1. The monoisotopic (exact) mass is 286 g/mol. The van der Waals surface area contributed by atoms with Crippen molar-refractivity contribution in [2.24, 2.45) is 0 Å². The van der Waals surface area contributed by atoms with Crippen molar-refractivity contribution in [2.75, 3.05) is 13.1 Å². The summed E-state index contributed by atoms with van der Waals surface area (Å²) in [6.45, 7) is 1.07. The van der Waals surface area contributed by atoms with Crippen LogP contribution in [0, 0.1) is 0 Å². The number of urea groups is 1. The molecule has 1 atom stereocenters. The van der Waals surface area contributed by atoms with E-state index in [9.17, 15) is 18.0 Å². The van der Waals surface area contributed by atoms with Crippen LogP contribution in [0.15, 0.2) is 30.3 Å². The van der Waals surface area contributed by atoms with Gasteiger partial charge in [0.05, 0.1) is 0 Å². The Hall–Kier alpha value is -1.72. The van der Waals surface area contributed by atoms with Gasteiger partial charge in [0.15, 0.2) is 0 Å². The Labute approximate surface area is 115 Å². The van der Waals surface area contributed by atoms with Crippen LogP contribution in [0.5, 0.6) is 0 Å². The summed E-state index contributed by atoms with van der Waals surface area (Å²) in [7, 11) is 0. The molecule has 1 saturated heterocycles. The SMILES string of the molecule is O=C(N[C@@H](CCc1ccccc1)C(F)(F)F)N1CCC1. The predicted molar refractivity (Wildman–Crippen MR) is 69.3 cm³/mol. The number of carbonyl (C=O) groups is 1. The smallest absolute Gasteiger partial charge is 0.326 e. The maximum absolute atomic E-state index is 12.9. The van der Waals surface area contributed by atoms with E-state index in [1.54, 1.807) is 24.3 Å². The van der Waals surface area contributed by atoms with Crippen LogP contribution in [0.1, 0.15) is 18.4 Å². The first-order valence-corrected chi connectivity index (χ1v) is 6.63. The number of amides is 2. The molecule has 0 aromatic heterocycles. The fourth-order valence-corrected chi connectivity index (χ4v) is 2.03. The van der Waals surface area contributed by atoms with Crippen molar-refractivity contribution >= 4 is 6.03 Å². The number of aryl methyl sites for hydroxylation is 1. The van der Waals surface area contributed by atoms with Gasteiger partial charge < -0.3 is 10.2 Å². The second kappa shape index (κ2) is 6.15. The lowest BCUT2D eigenvalue weighted by molar-refractivity contribution is -0.155. The summed E-state index contributed by atoms with van der Waals surface area (Å²) in [4.78, 5) is 13.0. The van der Waals surface area contributed by atoms with Crippen LogP contribution in [0.2, 0.25) is 0 Å². The van der Waals surface area contributed by atoms with Crippen molar-refractivity contribution in [1.29, 1.82) is 0 Å². The van der Waals surface area contributed by atoms with Crippen LogP contribution >= 0.6 is 0 Å². The number of halogens is 3. The van der Waals surface area contributed by atoms with Gasteiger partial charge in [0.2, 0.25) is 0 Å². The molecule has 6 heteroatoms. The van der Waals surface area contributed by atoms with Gasteiger partial charge in [0.25, 0.3) is 0 Å². The van der Waals surface area contributed by atoms with Gasteiger partial charge in [-0.05, 0) is 24.8 Å². The van der Waals surface area contributed by atoms with E-state index in [0.29, 0.717) is 13.1 Å². The zero-order valence-electron chi connectivity index (χ0n) is 11.0. The molecule has 0 spiro atoms. The molecule has 0 bridgehead atoms. The summed E-state index contributed by atoms with van der Waals surface area (Å²) >= 11 is 0. The van der Waals surface area contributed by atoms with Crippen LogP contribution in [0.25, 0.3) is 0 Å².